The summed E-state index contributed by atoms with van der Waals surface area (Å²) in [5, 5.41) is 22.1. The van der Waals surface area contributed by atoms with Crippen molar-refractivity contribution >= 4 is 46.2 Å². The van der Waals surface area contributed by atoms with Gasteiger partial charge in [-0.05, 0) is 72.1 Å². The van der Waals surface area contributed by atoms with Crippen molar-refractivity contribution in [2.24, 2.45) is 15.7 Å². The quantitative estimate of drug-likeness (QED) is 0.208. The van der Waals surface area contributed by atoms with Crippen LogP contribution in [0.5, 0.6) is 5.75 Å². The number of alkyl halides is 2. The summed E-state index contributed by atoms with van der Waals surface area (Å²) < 4.78 is 19.6. The molecule has 4 aliphatic rings. The van der Waals surface area contributed by atoms with E-state index in [9.17, 15) is 9.65 Å². The number of anilines is 1. The van der Waals surface area contributed by atoms with Crippen LogP contribution in [0.2, 0.25) is 0 Å². The largest absolute Gasteiger partial charge is 0.497 e. The number of carbonyl (C=O) groups excluding carboxylic acids is 1. The van der Waals surface area contributed by atoms with Gasteiger partial charge in [-0.2, -0.15) is 15.4 Å². The molecule has 8 rings (SSSR count). The molecule has 0 N–H and O–H groups in total. The Morgan fingerprint density at radius 2 is 1.60 bits per heavy atom. The van der Waals surface area contributed by atoms with Gasteiger partial charge in [0.1, 0.15) is 23.0 Å². The smallest absolute Gasteiger partial charge is 0.262 e. The van der Waals surface area contributed by atoms with Gasteiger partial charge in [-0.1, -0.05) is 59.8 Å². The topological polar surface area (TPSA) is 90.5 Å². The van der Waals surface area contributed by atoms with E-state index in [1.54, 1.807) is 19.2 Å². The minimum absolute atomic E-state index is 0.194. The Balaban J connectivity index is 0.00000117. The number of hydrazone groups is 1. The number of hydrogen-bond acceptors (Lipinski definition) is 7. The number of fused-ring (bicyclic) bond motifs is 7. The molecule has 0 aromatic heterocycles. The summed E-state index contributed by atoms with van der Waals surface area (Å²) in [5.41, 5.74) is 4.10. The third-order valence-electron chi connectivity index (χ3n) is 9.76. The van der Waals surface area contributed by atoms with E-state index in [1.807, 2.05) is 84.6 Å². The fourth-order valence-corrected chi connectivity index (χ4v) is 7.91. The van der Waals surface area contributed by atoms with Gasteiger partial charge in [0, 0.05) is 11.5 Å². The van der Waals surface area contributed by atoms with Gasteiger partial charge in [0.25, 0.3) is 5.91 Å². The molecule has 4 aromatic rings. The average Bonchev–Trinajstić information content (AvgIpc) is 3.77. The van der Waals surface area contributed by atoms with Gasteiger partial charge >= 0.3 is 0 Å². The van der Waals surface area contributed by atoms with Gasteiger partial charge in [0.2, 0.25) is 0 Å². The number of rotatable bonds is 4. The van der Waals surface area contributed by atoms with Crippen LogP contribution in [0.15, 0.2) is 113 Å². The minimum Gasteiger partial charge on any atom is -0.497 e. The van der Waals surface area contributed by atoms with E-state index < -0.39 is 35.5 Å². The second-order valence-electron chi connectivity index (χ2n) is 11.9. The van der Waals surface area contributed by atoms with Gasteiger partial charge < -0.3 is 9.57 Å². The maximum Gasteiger partial charge on any atom is 0.262 e. The summed E-state index contributed by atoms with van der Waals surface area (Å²) in [5.74, 6) is -0.920. The van der Waals surface area contributed by atoms with E-state index in [2.05, 4.69) is 17.3 Å². The van der Waals surface area contributed by atoms with Gasteiger partial charge in [0.15, 0.2) is 6.23 Å². The van der Waals surface area contributed by atoms with E-state index in [0.29, 0.717) is 17.0 Å². The lowest BCUT2D eigenvalue weighted by Crippen LogP contribution is -2.52. The maximum absolute atomic E-state index is 15.1. The average molecular weight is 683 g/mol. The summed E-state index contributed by atoms with van der Waals surface area (Å²) in [6, 6.07) is 32.2. The molecule has 0 radical (unpaired) electrons. The van der Waals surface area contributed by atoms with Crippen molar-refractivity contribution in [1.82, 2.24) is 4.90 Å². The maximum atomic E-state index is 15.1. The van der Waals surface area contributed by atoms with Crippen LogP contribution in [0, 0.1) is 22.6 Å². The van der Waals surface area contributed by atoms with Crippen LogP contribution < -0.4 is 9.75 Å². The number of hydrogen-bond donors (Lipinski definition) is 0. The standard InChI is InChI=1S/C36H28FN5O3.CH2Cl2/c1-21-36(35(43)42(39-21)25-8-4-3-5-9-25)31(22-12-16-24(37)17-13-22)29(20-38)41-33(36)28-11-7-6-10-27(28)30-32(40-45-34(30)41)23-14-18-26(44-2)19-15-23;2-1-3/h3-19,29-31,33-34H,1-2H3;1H2/t29-,30-,31-,33-,34+,36-;/m0./s1. The van der Waals surface area contributed by atoms with E-state index in [1.165, 1.54) is 17.1 Å². The molecule has 242 valence electrons. The number of para-hydroxylation sites is 1. The Bertz CT molecular complexity index is 1950. The summed E-state index contributed by atoms with van der Waals surface area (Å²) in [6.07, 6.45) is -0.666. The molecule has 4 heterocycles. The van der Waals surface area contributed by atoms with Crippen molar-refractivity contribution in [1.29, 1.82) is 5.26 Å². The van der Waals surface area contributed by atoms with Crippen molar-refractivity contribution in [2.75, 3.05) is 17.5 Å². The third kappa shape index (κ3) is 4.70. The van der Waals surface area contributed by atoms with E-state index >= 15 is 4.79 Å². The molecule has 4 aromatic carbocycles. The van der Waals surface area contributed by atoms with Crippen molar-refractivity contribution < 1.29 is 18.8 Å². The van der Waals surface area contributed by atoms with Crippen molar-refractivity contribution in [3.05, 3.63) is 131 Å². The van der Waals surface area contributed by atoms with Crippen LogP contribution in [0.3, 0.4) is 0 Å². The number of methoxy groups -OCH3 is 1. The van der Waals surface area contributed by atoms with Gasteiger partial charge in [0.05, 0.1) is 47.6 Å². The first-order valence-corrected chi connectivity index (χ1v) is 16.4. The summed E-state index contributed by atoms with van der Waals surface area (Å²) in [7, 11) is 1.62. The normalized spacial score (nSPS) is 26.7. The molecule has 8 nitrogen and oxygen atoms in total. The molecule has 4 aliphatic heterocycles. The number of amides is 1. The Labute approximate surface area is 287 Å². The highest BCUT2D eigenvalue weighted by molar-refractivity contribution is 6.40. The van der Waals surface area contributed by atoms with Gasteiger partial charge in [-0.3, -0.25) is 4.79 Å². The molecule has 1 spiro atoms. The number of nitrogens with zero attached hydrogens (tertiary/aromatic N) is 5. The second-order valence-corrected chi connectivity index (χ2v) is 12.7. The monoisotopic (exact) mass is 681 g/mol. The molecule has 1 saturated heterocycles. The van der Waals surface area contributed by atoms with Crippen molar-refractivity contribution in [3.63, 3.8) is 0 Å². The highest BCUT2D eigenvalue weighted by atomic mass is 35.5. The zero-order valence-corrected chi connectivity index (χ0v) is 27.5. The molecule has 0 saturated carbocycles. The molecule has 0 bridgehead atoms. The zero-order chi connectivity index (χ0) is 33.6. The van der Waals surface area contributed by atoms with Crippen LogP contribution >= 0.6 is 23.2 Å². The minimum atomic E-state index is -1.29. The first kappa shape index (κ1) is 31.8. The molecule has 6 atom stereocenters. The number of carbonyl (C=O) groups is 1. The van der Waals surface area contributed by atoms with Crippen molar-refractivity contribution in [2.45, 2.75) is 37.1 Å². The predicted molar refractivity (Wildman–Crippen MR) is 183 cm³/mol. The molecule has 1 fully saturated rings. The fourth-order valence-electron chi connectivity index (χ4n) is 7.91. The predicted octanol–water partition coefficient (Wildman–Crippen LogP) is 7.56. The van der Waals surface area contributed by atoms with Crippen LogP contribution in [-0.4, -0.2) is 46.9 Å². The van der Waals surface area contributed by atoms with Gasteiger partial charge in [-0.25, -0.2) is 9.29 Å². The molecular weight excluding hydrogens is 652 g/mol. The first-order valence-electron chi connectivity index (χ1n) is 15.4. The van der Waals surface area contributed by atoms with Crippen LogP contribution in [0.4, 0.5) is 10.1 Å². The molecule has 1 amide bonds. The fraction of sp³-hybridized carbons (Fsp3) is 0.243. The molecule has 48 heavy (non-hydrogen) atoms. The second kappa shape index (κ2) is 12.7. The molecule has 11 heteroatoms. The SMILES string of the molecule is COc1ccc(C2=NO[C@@H]3[C@H]2c2ccccc2[C@@H]2N3[C@@H](C#N)[C@H](c3ccc(F)cc3)[C@]23C(=O)N(c2ccccc2)N=C3C)cc1.ClCCl. The number of nitriles is 1. The Hall–Kier alpha value is -4.75. The highest BCUT2D eigenvalue weighted by Gasteiger charge is 2.73. The Morgan fingerprint density at radius 3 is 2.25 bits per heavy atom. The molecule has 0 unspecified atom stereocenters. The first-order chi connectivity index (χ1) is 23.4. The number of ether oxygens (including phenoxy) is 1. The van der Waals surface area contributed by atoms with E-state index in [-0.39, 0.29) is 17.2 Å². The summed E-state index contributed by atoms with van der Waals surface area (Å²) in [4.78, 5) is 23.4. The third-order valence-corrected chi connectivity index (χ3v) is 9.76. The lowest BCUT2D eigenvalue weighted by Gasteiger charge is -2.44. The van der Waals surface area contributed by atoms with Crippen LogP contribution in [-0.2, 0) is 9.63 Å². The van der Waals surface area contributed by atoms with E-state index in [4.69, 9.17) is 37.9 Å². The van der Waals surface area contributed by atoms with Crippen molar-refractivity contribution in [3.8, 4) is 11.8 Å². The van der Waals surface area contributed by atoms with Gasteiger partial charge in [-0.15, -0.1) is 23.2 Å². The summed E-state index contributed by atoms with van der Waals surface area (Å²) >= 11 is 9.53. The Kier molecular flexibility index (Phi) is 8.42. The highest BCUT2D eigenvalue weighted by Crippen LogP contribution is 2.66. The number of halogens is 3. The van der Waals surface area contributed by atoms with Crippen LogP contribution in [0.25, 0.3) is 0 Å². The molecule has 0 aliphatic carbocycles. The van der Waals surface area contributed by atoms with E-state index in [0.717, 1.165) is 28.2 Å². The van der Waals surface area contributed by atoms with Crippen LogP contribution in [0.1, 0.15) is 47.1 Å². The molecular formula is C37H30Cl2FN5O3. The number of oxime groups is 1. The number of benzene rings is 4. The lowest BCUT2D eigenvalue weighted by molar-refractivity contribution is -0.128. The summed E-state index contributed by atoms with van der Waals surface area (Å²) in [6.45, 7) is 1.86. The Morgan fingerprint density at radius 1 is 0.958 bits per heavy atom. The lowest BCUT2D eigenvalue weighted by atomic mass is 9.63. The zero-order valence-electron chi connectivity index (χ0n) is 26.0.